The molecule has 16 heavy (non-hydrogen) atoms. The molecule has 1 aromatic carbocycles. The average molecular weight is 241 g/mol. The summed E-state index contributed by atoms with van der Waals surface area (Å²) in [6.45, 7) is 3.82. The molecule has 0 spiro atoms. The number of hydrogen-bond donors (Lipinski definition) is 1. The molecule has 0 aromatic heterocycles. The van der Waals surface area contributed by atoms with Crippen molar-refractivity contribution in [2.75, 3.05) is 7.05 Å². The average Bonchev–Trinajstić information content (AvgIpc) is 2.29. The standard InChI is InChI=1S/C12H19NO2S/c1-4-5-11-6-8-12(9-7-11)10(2)16(14,15)13-3/h6-10,13H,4-5H2,1-3H3. The third-order valence-electron chi connectivity index (χ3n) is 2.74. The van der Waals surface area contributed by atoms with Gasteiger partial charge in [-0.1, -0.05) is 37.6 Å². The van der Waals surface area contributed by atoms with Crippen molar-refractivity contribution in [3.63, 3.8) is 0 Å². The van der Waals surface area contributed by atoms with Gasteiger partial charge in [0.05, 0.1) is 5.25 Å². The van der Waals surface area contributed by atoms with Gasteiger partial charge in [-0.15, -0.1) is 0 Å². The molecule has 0 amide bonds. The van der Waals surface area contributed by atoms with Crippen LogP contribution >= 0.6 is 0 Å². The van der Waals surface area contributed by atoms with Crippen molar-refractivity contribution in [1.82, 2.24) is 4.72 Å². The molecular weight excluding hydrogens is 222 g/mol. The lowest BCUT2D eigenvalue weighted by Gasteiger charge is -2.12. The molecule has 0 aliphatic carbocycles. The summed E-state index contributed by atoms with van der Waals surface area (Å²) in [5.41, 5.74) is 2.08. The molecule has 0 bridgehead atoms. The number of benzene rings is 1. The Morgan fingerprint density at radius 3 is 2.25 bits per heavy atom. The van der Waals surface area contributed by atoms with Gasteiger partial charge in [0.1, 0.15) is 0 Å². The van der Waals surface area contributed by atoms with E-state index in [1.807, 2.05) is 24.3 Å². The Hall–Kier alpha value is -0.870. The number of nitrogens with one attached hydrogen (secondary N) is 1. The highest BCUT2D eigenvalue weighted by Crippen LogP contribution is 2.21. The van der Waals surface area contributed by atoms with Gasteiger partial charge in [-0.3, -0.25) is 0 Å². The molecule has 90 valence electrons. The summed E-state index contributed by atoms with van der Waals surface area (Å²) in [6, 6.07) is 7.79. The van der Waals surface area contributed by atoms with Crippen molar-refractivity contribution in [2.24, 2.45) is 0 Å². The van der Waals surface area contributed by atoms with Crippen LogP contribution in [0.2, 0.25) is 0 Å². The van der Waals surface area contributed by atoms with E-state index in [2.05, 4.69) is 11.6 Å². The Kier molecular flexibility index (Phi) is 4.50. The number of aryl methyl sites for hydroxylation is 1. The highest BCUT2D eigenvalue weighted by molar-refractivity contribution is 7.89. The lowest BCUT2D eigenvalue weighted by atomic mass is 10.1. The van der Waals surface area contributed by atoms with Gasteiger partial charge in [0.15, 0.2) is 0 Å². The van der Waals surface area contributed by atoms with E-state index < -0.39 is 15.3 Å². The Morgan fingerprint density at radius 2 is 1.81 bits per heavy atom. The van der Waals surface area contributed by atoms with E-state index in [4.69, 9.17) is 0 Å². The predicted molar refractivity (Wildman–Crippen MR) is 66.8 cm³/mol. The summed E-state index contributed by atoms with van der Waals surface area (Å²) < 4.78 is 25.6. The molecule has 0 heterocycles. The first-order valence-electron chi connectivity index (χ1n) is 5.52. The summed E-state index contributed by atoms with van der Waals surface area (Å²) in [5.74, 6) is 0. The van der Waals surface area contributed by atoms with Gasteiger partial charge in [0.2, 0.25) is 10.0 Å². The topological polar surface area (TPSA) is 46.2 Å². The summed E-state index contributed by atoms with van der Waals surface area (Å²) in [7, 11) is -1.78. The summed E-state index contributed by atoms with van der Waals surface area (Å²) in [5, 5.41) is -0.506. The van der Waals surface area contributed by atoms with Crippen LogP contribution in [0.5, 0.6) is 0 Å². The van der Waals surface area contributed by atoms with Gasteiger partial charge in [-0.05, 0) is 31.5 Å². The Bertz CT molecular complexity index is 423. The third kappa shape index (κ3) is 3.06. The molecule has 0 aliphatic heterocycles. The van der Waals surface area contributed by atoms with Gasteiger partial charge < -0.3 is 0 Å². The van der Waals surface area contributed by atoms with Crippen LogP contribution in [-0.4, -0.2) is 15.5 Å². The van der Waals surface area contributed by atoms with Crippen LogP contribution in [0.4, 0.5) is 0 Å². The molecule has 0 saturated carbocycles. The van der Waals surface area contributed by atoms with Gasteiger partial charge in [-0.2, -0.15) is 0 Å². The number of sulfonamides is 1. The minimum atomic E-state index is -3.23. The van der Waals surface area contributed by atoms with Crippen LogP contribution in [0.25, 0.3) is 0 Å². The molecular formula is C12H19NO2S. The monoisotopic (exact) mass is 241 g/mol. The van der Waals surface area contributed by atoms with Crippen LogP contribution in [0.15, 0.2) is 24.3 Å². The van der Waals surface area contributed by atoms with Gasteiger partial charge in [0, 0.05) is 0 Å². The second-order valence-electron chi connectivity index (χ2n) is 3.88. The maximum Gasteiger partial charge on any atom is 0.218 e. The summed E-state index contributed by atoms with van der Waals surface area (Å²) in [6.07, 6.45) is 2.14. The smallest absolute Gasteiger partial charge is 0.218 e. The van der Waals surface area contributed by atoms with Crippen LogP contribution in [0.3, 0.4) is 0 Å². The molecule has 0 radical (unpaired) electrons. The van der Waals surface area contributed by atoms with Crippen molar-refractivity contribution in [2.45, 2.75) is 31.9 Å². The fourth-order valence-electron chi connectivity index (χ4n) is 1.60. The Balaban J connectivity index is 2.90. The zero-order valence-electron chi connectivity index (χ0n) is 10.0. The Labute approximate surface area is 97.9 Å². The lowest BCUT2D eigenvalue weighted by Crippen LogP contribution is -2.24. The van der Waals surface area contributed by atoms with E-state index in [1.165, 1.54) is 12.6 Å². The molecule has 1 N–H and O–H groups in total. The van der Waals surface area contributed by atoms with Crippen molar-refractivity contribution < 1.29 is 8.42 Å². The highest BCUT2D eigenvalue weighted by atomic mass is 32.2. The fourth-order valence-corrected chi connectivity index (χ4v) is 2.47. The maximum atomic E-state index is 11.6. The molecule has 1 atom stereocenters. The second kappa shape index (κ2) is 5.46. The van der Waals surface area contributed by atoms with E-state index in [0.717, 1.165) is 18.4 Å². The normalized spacial score (nSPS) is 13.7. The van der Waals surface area contributed by atoms with E-state index in [1.54, 1.807) is 6.92 Å². The molecule has 0 aliphatic rings. The number of hydrogen-bond acceptors (Lipinski definition) is 2. The van der Waals surface area contributed by atoms with E-state index >= 15 is 0 Å². The first-order valence-corrected chi connectivity index (χ1v) is 7.07. The van der Waals surface area contributed by atoms with Crippen molar-refractivity contribution >= 4 is 10.0 Å². The summed E-state index contributed by atoms with van der Waals surface area (Å²) >= 11 is 0. The highest BCUT2D eigenvalue weighted by Gasteiger charge is 2.19. The van der Waals surface area contributed by atoms with Crippen LogP contribution in [0.1, 0.15) is 36.6 Å². The first-order chi connectivity index (χ1) is 7.51. The van der Waals surface area contributed by atoms with Crippen molar-refractivity contribution in [3.05, 3.63) is 35.4 Å². The van der Waals surface area contributed by atoms with Gasteiger partial charge in [-0.25, -0.2) is 13.1 Å². The van der Waals surface area contributed by atoms with Gasteiger partial charge >= 0.3 is 0 Å². The minimum Gasteiger partial charge on any atom is -0.218 e. The largest absolute Gasteiger partial charge is 0.218 e. The third-order valence-corrected chi connectivity index (χ3v) is 4.51. The molecule has 1 aromatic rings. The Morgan fingerprint density at radius 1 is 1.25 bits per heavy atom. The molecule has 1 rings (SSSR count). The van der Waals surface area contributed by atoms with Crippen LogP contribution in [-0.2, 0) is 16.4 Å². The molecule has 4 heteroatoms. The van der Waals surface area contributed by atoms with Gasteiger partial charge in [0.25, 0.3) is 0 Å². The predicted octanol–water partition coefficient (Wildman–Crippen LogP) is 2.25. The van der Waals surface area contributed by atoms with Crippen LogP contribution < -0.4 is 4.72 Å². The van der Waals surface area contributed by atoms with Crippen molar-refractivity contribution in [3.8, 4) is 0 Å². The van der Waals surface area contributed by atoms with E-state index in [0.29, 0.717) is 0 Å². The fraction of sp³-hybridized carbons (Fsp3) is 0.500. The van der Waals surface area contributed by atoms with Crippen LogP contribution in [0, 0.1) is 0 Å². The maximum absolute atomic E-state index is 11.6. The molecule has 1 unspecified atom stereocenters. The van der Waals surface area contributed by atoms with E-state index in [9.17, 15) is 8.42 Å². The lowest BCUT2D eigenvalue weighted by molar-refractivity contribution is 0.578. The second-order valence-corrected chi connectivity index (χ2v) is 6.09. The quantitative estimate of drug-likeness (QED) is 0.859. The first kappa shape index (κ1) is 13.2. The van der Waals surface area contributed by atoms with Crippen molar-refractivity contribution in [1.29, 1.82) is 0 Å². The summed E-state index contributed by atoms with van der Waals surface area (Å²) in [4.78, 5) is 0. The molecule has 3 nitrogen and oxygen atoms in total. The zero-order valence-corrected chi connectivity index (χ0v) is 10.8. The molecule has 0 saturated heterocycles. The number of rotatable bonds is 5. The molecule has 0 fully saturated rings. The van der Waals surface area contributed by atoms with E-state index in [-0.39, 0.29) is 0 Å². The SMILES string of the molecule is CCCc1ccc(C(C)S(=O)(=O)NC)cc1. The zero-order chi connectivity index (χ0) is 12.2. The minimum absolute atomic E-state index is 0.506.